The molecule has 2 N–H and O–H groups in total. The monoisotopic (exact) mass is 221 g/mol. The molecule has 0 aliphatic carbocycles. The third-order valence-corrected chi connectivity index (χ3v) is 2.95. The van der Waals surface area contributed by atoms with Gasteiger partial charge in [-0.1, -0.05) is 26.0 Å². The number of ether oxygens (including phenoxy) is 1. The average molecular weight is 221 g/mol. The molecule has 0 saturated heterocycles. The minimum Gasteiger partial charge on any atom is -0.504 e. The van der Waals surface area contributed by atoms with E-state index >= 15 is 0 Å². The highest BCUT2D eigenvalue weighted by atomic mass is 16.5. The van der Waals surface area contributed by atoms with Crippen molar-refractivity contribution in [1.82, 2.24) is 5.32 Å². The quantitative estimate of drug-likeness (QED) is 0.822. The molecule has 16 heavy (non-hydrogen) atoms. The number of fused-ring (bicyclic) bond motifs is 1. The Labute approximate surface area is 96.4 Å². The van der Waals surface area contributed by atoms with Gasteiger partial charge in [0.2, 0.25) is 0 Å². The lowest BCUT2D eigenvalue weighted by molar-refractivity contribution is 0.251. The molecular weight excluding hydrogens is 202 g/mol. The lowest BCUT2D eigenvalue weighted by Crippen LogP contribution is -2.30. The molecule has 88 valence electrons. The summed E-state index contributed by atoms with van der Waals surface area (Å²) < 4.78 is 5.51. The van der Waals surface area contributed by atoms with Crippen LogP contribution in [0.2, 0.25) is 0 Å². The van der Waals surface area contributed by atoms with Crippen molar-refractivity contribution < 1.29 is 9.84 Å². The number of rotatable bonds is 3. The van der Waals surface area contributed by atoms with Crippen molar-refractivity contribution in [3.8, 4) is 11.5 Å². The first-order chi connectivity index (χ1) is 7.68. The van der Waals surface area contributed by atoms with Gasteiger partial charge in [0.25, 0.3) is 0 Å². The van der Waals surface area contributed by atoms with E-state index in [0.29, 0.717) is 24.3 Å². The number of benzene rings is 1. The molecule has 1 aromatic carbocycles. The lowest BCUT2D eigenvalue weighted by Gasteiger charge is -2.27. The number of hydrogen-bond donors (Lipinski definition) is 2. The normalized spacial score (nSPS) is 19.3. The minimum absolute atomic E-state index is 0.256. The largest absolute Gasteiger partial charge is 0.504 e. The molecular formula is C13H19NO2. The Kier molecular flexibility index (Phi) is 3.34. The van der Waals surface area contributed by atoms with Crippen LogP contribution in [0.25, 0.3) is 0 Å². The zero-order chi connectivity index (χ0) is 11.5. The van der Waals surface area contributed by atoms with Crippen LogP contribution in [0.15, 0.2) is 18.2 Å². The Balaban J connectivity index is 2.16. The van der Waals surface area contributed by atoms with Gasteiger partial charge in [0.1, 0.15) is 0 Å². The van der Waals surface area contributed by atoms with Gasteiger partial charge in [0, 0.05) is 24.1 Å². The molecule has 0 bridgehead atoms. The number of hydrogen-bond acceptors (Lipinski definition) is 3. The van der Waals surface area contributed by atoms with E-state index in [0.717, 1.165) is 18.5 Å². The van der Waals surface area contributed by atoms with E-state index in [1.54, 1.807) is 6.07 Å². The second kappa shape index (κ2) is 4.74. The summed E-state index contributed by atoms with van der Waals surface area (Å²) in [5.74, 6) is 1.37. The third kappa shape index (κ3) is 2.30. The van der Waals surface area contributed by atoms with E-state index < -0.39 is 0 Å². The SMILES string of the molecule is CC(C)NCC1CCOc2c(O)cccc21. The summed E-state index contributed by atoms with van der Waals surface area (Å²) in [7, 11) is 0. The molecule has 1 aromatic rings. The Bertz CT molecular complexity index is 363. The highest BCUT2D eigenvalue weighted by molar-refractivity contribution is 5.48. The van der Waals surface area contributed by atoms with Crippen LogP contribution in [0, 0.1) is 0 Å². The topological polar surface area (TPSA) is 41.5 Å². The minimum atomic E-state index is 0.256. The molecule has 0 amide bonds. The molecule has 0 spiro atoms. The molecule has 1 aliphatic rings. The van der Waals surface area contributed by atoms with Gasteiger partial charge in [-0.25, -0.2) is 0 Å². The Hall–Kier alpha value is -1.22. The van der Waals surface area contributed by atoms with Crippen LogP contribution in [0.4, 0.5) is 0 Å². The summed E-state index contributed by atoms with van der Waals surface area (Å²) in [5.41, 5.74) is 1.12. The van der Waals surface area contributed by atoms with Gasteiger partial charge in [-0.05, 0) is 12.5 Å². The van der Waals surface area contributed by atoms with Crippen LogP contribution in [0.5, 0.6) is 11.5 Å². The molecule has 0 radical (unpaired) electrons. The van der Waals surface area contributed by atoms with Gasteiger partial charge < -0.3 is 15.2 Å². The second-order valence-corrected chi connectivity index (χ2v) is 4.59. The summed E-state index contributed by atoms with van der Waals surface area (Å²) in [6.07, 6.45) is 1.01. The van der Waals surface area contributed by atoms with Crippen molar-refractivity contribution in [2.45, 2.75) is 32.2 Å². The zero-order valence-electron chi connectivity index (χ0n) is 9.86. The first-order valence-corrected chi connectivity index (χ1v) is 5.86. The van der Waals surface area contributed by atoms with E-state index in [2.05, 4.69) is 19.2 Å². The lowest BCUT2D eigenvalue weighted by atomic mass is 9.92. The Morgan fingerprint density at radius 2 is 2.31 bits per heavy atom. The van der Waals surface area contributed by atoms with E-state index in [1.807, 2.05) is 12.1 Å². The fourth-order valence-electron chi connectivity index (χ4n) is 2.07. The predicted molar refractivity (Wildman–Crippen MR) is 64.1 cm³/mol. The molecule has 1 aliphatic heterocycles. The van der Waals surface area contributed by atoms with Crippen molar-refractivity contribution in [1.29, 1.82) is 0 Å². The molecule has 3 heteroatoms. The van der Waals surface area contributed by atoms with Crippen LogP contribution < -0.4 is 10.1 Å². The zero-order valence-corrected chi connectivity index (χ0v) is 9.86. The molecule has 0 fully saturated rings. The number of aromatic hydroxyl groups is 1. The summed E-state index contributed by atoms with van der Waals surface area (Å²) in [5, 5.41) is 13.1. The van der Waals surface area contributed by atoms with E-state index in [-0.39, 0.29) is 5.75 Å². The van der Waals surface area contributed by atoms with Gasteiger partial charge in [-0.3, -0.25) is 0 Å². The van der Waals surface area contributed by atoms with E-state index in [9.17, 15) is 5.11 Å². The van der Waals surface area contributed by atoms with E-state index in [1.165, 1.54) is 0 Å². The van der Waals surface area contributed by atoms with Gasteiger partial charge in [-0.2, -0.15) is 0 Å². The molecule has 0 aromatic heterocycles. The average Bonchev–Trinajstić information content (AvgIpc) is 2.27. The van der Waals surface area contributed by atoms with Gasteiger partial charge in [0.05, 0.1) is 6.61 Å². The summed E-state index contributed by atoms with van der Waals surface area (Å²) in [6, 6.07) is 6.09. The fraction of sp³-hybridized carbons (Fsp3) is 0.538. The molecule has 2 rings (SSSR count). The smallest absolute Gasteiger partial charge is 0.164 e. The van der Waals surface area contributed by atoms with Crippen molar-refractivity contribution in [2.75, 3.05) is 13.2 Å². The summed E-state index contributed by atoms with van der Waals surface area (Å²) in [4.78, 5) is 0. The van der Waals surface area contributed by atoms with Crippen molar-refractivity contribution >= 4 is 0 Å². The van der Waals surface area contributed by atoms with Crippen molar-refractivity contribution in [3.05, 3.63) is 23.8 Å². The van der Waals surface area contributed by atoms with E-state index in [4.69, 9.17) is 4.74 Å². The number of para-hydroxylation sites is 1. The maximum absolute atomic E-state index is 9.71. The van der Waals surface area contributed by atoms with Crippen LogP contribution in [-0.4, -0.2) is 24.3 Å². The molecule has 0 saturated carbocycles. The van der Waals surface area contributed by atoms with Crippen LogP contribution in [0.3, 0.4) is 0 Å². The van der Waals surface area contributed by atoms with Gasteiger partial charge in [0.15, 0.2) is 11.5 Å². The first kappa shape index (κ1) is 11.3. The standard InChI is InChI=1S/C13H19NO2/c1-9(2)14-8-10-6-7-16-13-11(10)4-3-5-12(13)15/h3-5,9-10,14-15H,6-8H2,1-2H3. The molecule has 1 atom stereocenters. The Morgan fingerprint density at radius 3 is 3.06 bits per heavy atom. The second-order valence-electron chi connectivity index (χ2n) is 4.59. The maximum atomic E-state index is 9.71. The summed E-state index contributed by atoms with van der Waals surface area (Å²) in [6.45, 7) is 5.91. The van der Waals surface area contributed by atoms with Crippen LogP contribution >= 0.6 is 0 Å². The van der Waals surface area contributed by atoms with Crippen molar-refractivity contribution in [3.63, 3.8) is 0 Å². The highest BCUT2D eigenvalue weighted by Crippen LogP contribution is 2.39. The molecule has 1 heterocycles. The van der Waals surface area contributed by atoms with Crippen LogP contribution in [0.1, 0.15) is 31.7 Å². The van der Waals surface area contributed by atoms with Crippen molar-refractivity contribution in [2.24, 2.45) is 0 Å². The van der Waals surface area contributed by atoms with Crippen LogP contribution in [-0.2, 0) is 0 Å². The number of phenolic OH excluding ortho intramolecular Hbond substituents is 1. The maximum Gasteiger partial charge on any atom is 0.164 e. The Morgan fingerprint density at radius 1 is 1.50 bits per heavy atom. The third-order valence-electron chi connectivity index (χ3n) is 2.95. The first-order valence-electron chi connectivity index (χ1n) is 5.86. The predicted octanol–water partition coefficient (Wildman–Crippen LogP) is 2.26. The summed E-state index contributed by atoms with van der Waals surface area (Å²) >= 11 is 0. The molecule has 1 unspecified atom stereocenters. The highest BCUT2D eigenvalue weighted by Gasteiger charge is 2.23. The van der Waals surface area contributed by atoms with Gasteiger partial charge in [-0.15, -0.1) is 0 Å². The number of phenols is 1. The fourth-order valence-corrected chi connectivity index (χ4v) is 2.07. The van der Waals surface area contributed by atoms with Gasteiger partial charge >= 0.3 is 0 Å². The molecule has 3 nitrogen and oxygen atoms in total. The number of nitrogens with one attached hydrogen (secondary N) is 1.